The first kappa shape index (κ1) is 16.6. The van der Waals surface area contributed by atoms with Crippen molar-refractivity contribution in [3.63, 3.8) is 0 Å². The Morgan fingerprint density at radius 2 is 1.62 bits per heavy atom. The summed E-state index contributed by atoms with van der Waals surface area (Å²) in [6.45, 7) is 1.49. The van der Waals surface area contributed by atoms with Gasteiger partial charge in [0.2, 0.25) is 0 Å². The number of amides is 2. The smallest absolute Gasteiger partial charge is 0.269 e. The fourth-order valence-electron chi connectivity index (χ4n) is 3.85. The first-order valence-corrected chi connectivity index (χ1v) is 9.21. The second kappa shape index (κ2) is 6.83. The lowest BCUT2D eigenvalue weighted by atomic mass is 9.92. The highest BCUT2D eigenvalue weighted by Crippen LogP contribution is 2.29. The van der Waals surface area contributed by atoms with E-state index in [2.05, 4.69) is 10.6 Å². The van der Waals surface area contributed by atoms with Crippen LogP contribution in [0.2, 0.25) is 0 Å². The number of hydrogen-bond donors (Lipinski definition) is 2. The van der Waals surface area contributed by atoms with Gasteiger partial charge in [-0.15, -0.1) is 0 Å². The first-order chi connectivity index (χ1) is 12.7. The second-order valence-corrected chi connectivity index (χ2v) is 7.05. The number of carbonyl (C=O) groups excluding carboxylic acids is 2. The van der Waals surface area contributed by atoms with E-state index >= 15 is 0 Å². The van der Waals surface area contributed by atoms with Gasteiger partial charge < -0.3 is 15.5 Å². The maximum absolute atomic E-state index is 13.5. The second-order valence-electron chi connectivity index (χ2n) is 7.05. The van der Waals surface area contributed by atoms with Crippen molar-refractivity contribution in [2.45, 2.75) is 31.3 Å². The molecule has 2 heterocycles. The van der Waals surface area contributed by atoms with Crippen LogP contribution in [0.5, 0.6) is 0 Å². The summed E-state index contributed by atoms with van der Waals surface area (Å²) in [4.78, 5) is 28.1. The van der Waals surface area contributed by atoms with Crippen LogP contribution in [0.15, 0.2) is 54.6 Å². The quantitative estimate of drug-likeness (QED) is 0.896. The third-order valence-corrected chi connectivity index (χ3v) is 5.17. The van der Waals surface area contributed by atoms with Gasteiger partial charge in [-0.25, -0.2) is 0 Å². The lowest BCUT2D eigenvalue weighted by Gasteiger charge is -2.43. The van der Waals surface area contributed by atoms with E-state index in [-0.39, 0.29) is 11.8 Å². The maximum Gasteiger partial charge on any atom is 0.269 e. The zero-order valence-corrected chi connectivity index (χ0v) is 14.7. The average molecular weight is 349 g/mol. The summed E-state index contributed by atoms with van der Waals surface area (Å²) in [5, 5.41) is 6.35. The van der Waals surface area contributed by atoms with Gasteiger partial charge in [0.05, 0.1) is 5.56 Å². The number of piperidine rings is 1. The summed E-state index contributed by atoms with van der Waals surface area (Å²) in [7, 11) is 0. The van der Waals surface area contributed by atoms with Crippen LogP contribution in [0.1, 0.15) is 35.2 Å². The fourth-order valence-corrected chi connectivity index (χ4v) is 3.85. The molecule has 0 saturated carbocycles. The molecule has 1 atom stereocenters. The van der Waals surface area contributed by atoms with E-state index in [4.69, 9.17) is 0 Å². The molecule has 2 aromatic carbocycles. The van der Waals surface area contributed by atoms with Gasteiger partial charge >= 0.3 is 0 Å². The van der Waals surface area contributed by atoms with E-state index in [0.717, 1.165) is 37.9 Å². The van der Waals surface area contributed by atoms with E-state index in [1.807, 2.05) is 53.4 Å². The Balaban J connectivity index is 1.72. The van der Waals surface area contributed by atoms with E-state index in [1.54, 1.807) is 6.07 Å². The molecule has 2 aliphatic rings. The van der Waals surface area contributed by atoms with Crippen molar-refractivity contribution >= 4 is 17.5 Å². The number of para-hydroxylation sites is 1. The van der Waals surface area contributed by atoms with Gasteiger partial charge in [-0.1, -0.05) is 42.5 Å². The van der Waals surface area contributed by atoms with Gasteiger partial charge in [0, 0.05) is 25.2 Å². The number of likely N-dealkylation sites (tertiary alicyclic amines) is 1. The van der Waals surface area contributed by atoms with Crippen molar-refractivity contribution in [3.05, 3.63) is 65.7 Å². The predicted octanol–water partition coefficient (Wildman–Crippen LogP) is 2.79. The Bertz CT molecular complexity index is 815. The van der Waals surface area contributed by atoms with Gasteiger partial charge in [0.1, 0.15) is 0 Å². The van der Waals surface area contributed by atoms with Gasteiger partial charge in [0.15, 0.2) is 5.66 Å². The Labute approximate surface area is 153 Å². The van der Waals surface area contributed by atoms with Crippen molar-refractivity contribution in [1.82, 2.24) is 10.2 Å². The summed E-state index contributed by atoms with van der Waals surface area (Å²) in [6.07, 6.45) is 3.58. The van der Waals surface area contributed by atoms with Gasteiger partial charge in [-0.3, -0.25) is 9.59 Å². The van der Waals surface area contributed by atoms with Crippen molar-refractivity contribution in [2.24, 2.45) is 0 Å². The van der Waals surface area contributed by atoms with Crippen LogP contribution in [0.3, 0.4) is 0 Å². The van der Waals surface area contributed by atoms with Crippen LogP contribution in [0.25, 0.3) is 0 Å². The highest BCUT2D eigenvalue weighted by atomic mass is 16.2. The molecule has 2 aliphatic heterocycles. The molecule has 0 spiro atoms. The zero-order chi connectivity index (χ0) is 18.0. The van der Waals surface area contributed by atoms with Crippen molar-refractivity contribution in [2.75, 3.05) is 18.4 Å². The molecule has 1 saturated heterocycles. The normalized spacial score (nSPS) is 22.2. The Morgan fingerprint density at radius 1 is 0.923 bits per heavy atom. The average Bonchev–Trinajstić information content (AvgIpc) is 2.69. The van der Waals surface area contributed by atoms with Crippen LogP contribution in [-0.4, -0.2) is 35.5 Å². The summed E-state index contributed by atoms with van der Waals surface area (Å²) in [5.41, 5.74) is 1.13. The number of carbonyl (C=O) groups is 2. The van der Waals surface area contributed by atoms with E-state index < -0.39 is 5.66 Å². The molecule has 0 bridgehead atoms. The van der Waals surface area contributed by atoms with E-state index in [0.29, 0.717) is 17.7 Å². The molecule has 4 rings (SSSR count). The Kier molecular flexibility index (Phi) is 4.37. The molecule has 2 amide bonds. The highest BCUT2D eigenvalue weighted by Gasteiger charge is 2.46. The lowest BCUT2D eigenvalue weighted by Crippen LogP contribution is -2.68. The summed E-state index contributed by atoms with van der Waals surface area (Å²) >= 11 is 0. The molecule has 2 N–H and O–H groups in total. The summed E-state index contributed by atoms with van der Waals surface area (Å²) in [5.74, 6) is -0.260. The number of rotatable bonds is 3. The van der Waals surface area contributed by atoms with E-state index in [9.17, 15) is 9.59 Å². The number of anilines is 1. The minimum absolute atomic E-state index is 0.0519. The number of benzene rings is 2. The largest absolute Gasteiger partial charge is 0.354 e. The van der Waals surface area contributed by atoms with Crippen molar-refractivity contribution in [3.8, 4) is 0 Å². The minimum Gasteiger partial charge on any atom is -0.354 e. The van der Waals surface area contributed by atoms with Crippen molar-refractivity contribution in [1.29, 1.82) is 0 Å². The minimum atomic E-state index is -1.15. The summed E-state index contributed by atoms with van der Waals surface area (Å²) < 4.78 is 0. The number of hydrogen-bond acceptors (Lipinski definition) is 3. The molecule has 1 unspecified atom stereocenters. The number of fused-ring (bicyclic) bond motifs is 1. The SMILES string of the molecule is O=C1NC(Cc2ccccc2)(C(=O)N2CCCCC2)Nc2ccccc21. The zero-order valence-electron chi connectivity index (χ0n) is 14.7. The lowest BCUT2D eigenvalue weighted by molar-refractivity contribution is -0.138. The third-order valence-electron chi connectivity index (χ3n) is 5.17. The summed E-state index contributed by atoms with van der Waals surface area (Å²) in [6, 6.07) is 17.2. The van der Waals surface area contributed by atoms with Crippen LogP contribution >= 0.6 is 0 Å². The van der Waals surface area contributed by atoms with Crippen molar-refractivity contribution < 1.29 is 9.59 Å². The molecule has 0 radical (unpaired) electrons. The van der Waals surface area contributed by atoms with Crippen LogP contribution in [-0.2, 0) is 11.2 Å². The van der Waals surface area contributed by atoms with Crippen LogP contribution < -0.4 is 10.6 Å². The molecule has 0 aromatic heterocycles. The molecular weight excluding hydrogens is 326 g/mol. The third kappa shape index (κ3) is 3.05. The molecule has 0 aliphatic carbocycles. The number of nitrogens with one attached hydrogen (secondary N) is 2. The maximum atomic E-state index is 13.5. The van der Waals surface area contributed by atoms with Crippen LogP contribution in [0.4, 0.5) is 5.69 Å². The number of nitrogens with zero attached hydrogens (tertiary/aromatic N) is 1. The molecule has 134 valence electrons. The molecular formula is C21H23N3O2. The molecule has 5 heteroatoms. The topological polar surface area (TPSA) is 61.4 Å². The Hall–Kier alpha value is -2.82. The first-order valence-electron chi connectivity index (χ1n) is 9.21. The fraction of sp³-hybridized carbons (Fsp3) is 0.333. The molecule has 26 heavy (non-hydrogen) atoms. The molecule has 1 fully saturated rings. The molecule has 2 aromatic rings. The molecule has 5 nitrogen and oxygen atoms in total. The van der Waals surface area contributed by atoms with E-state index in [1.165, 1.54) is 0 Å². The monoisotopic (exact) mass is 349 g/mol. The Morgan fingerprint density at radius 3 is 2.38 bits per heavy atom. The van der Waals surface area contributed by atoms with Gasteiger partial charge in [-0.05, 0) is 37.0 Å². The highest BCUT2D eigenvalue weighted by molar-refractivity contribution is 6.07. The van der Waals surface area contributed by atoms with Crippen LogP contribution in [0, 0.1) is 0 Å². The van der Waals surface area contributed by atoms with Gasteiger partial charge in [-0.2, -0.15) is 0 Å². The standard InChI is InChI=1S/C21H23N3O2/c25-19-17-11-5-6-12-18(17)22-21(23-19,15-16-9-3-1-4-10-16)20(26)24-13-7-2-8-14-24/h1,3-6,9-12,22H,2,7-8,13-15H2,(H,23,25). The predicted molar refractivity (Wildman–Crippen MR) is 101 cm³/mol. The van der Waals surface area contributed by atoms with Gasteiger partial charge in [0.25, 0.3) is 11.8 Å².